The van der Waals surface area contributed by atoms with Gasteiger partial charge in [-0.2, -0.15) is 0 Å². The Labute approximate surface area is 166 Å². The number of aryl methyl sites for hydroxylation is 4. The van der Waals surface area contributed by atoms with E-state index in [1.54, 1.807) is 7.11 Å². The maximum absolute atomic E-state index is 11.1. The highest BCUT2D eigenvalue weighted by Crippen LogP contribution is 2.33. The molecule has 0 fully saturated rings. The highest BCUT2D eigenvalue weighted by molar-refractivity contribution is 5.76. The summed E-state index contributed by atoms with van der Waals surface area (Å²) in [7, 11) is 1.62. The third-order valence-corrected chi connectivity index (χ3v) is 5.28. The maximum Gasteiger partial charge on any atom is 0.303 e. The summed E-state index contributed by atoms with van der Waals surface area (Å²) in [6.45, 7) is 6.38. The number of methoxy groups -OCH3 is 1. The van der Waals surface area contributed by atoms with Gasteiger partial charge in [-0.05, 0) is 83.8 Å². The number of hydrogen-bond acceptors (Lipinski definition) is 2. The lowest BCUT2D eigenvalue weighted by atomic mass is 9.91. The van der Waals surface area contributed by atoms with Crippen molar-refractivity contribution < 1.29 is 14.6 Å². The highest BCUT2D eigenvalue weighted by atomic mass is 16.5. The molecule has 0 saturated heterocycles. The molecule has 3 rings (SSSR count). The molecule has 28 heavy (non-hydrogen) atoms. The predicted molar refractivity (Wildman–Crippen MR) is 114 cm³/mol. The van der Waals surface area contributed by atoms with Crippen molar-refractivity contribution in [2.75, 3.05) is 7.11 Å². The molecule has 0 aliphatic heterocycles. The molecule has 144 valence electrons. The zero-order valence-electron chi connectivity index (χ0n) is 16.9. The van der Waals surface area contributed by atoms with Crippen LogP contribution in [0.4, 0.5) is 0 Å². The molecular formula is C25H26O3. The van der Waals surface area contributed by atoms with E-state index in [9.17, 15) is 4.79 Å². The fourth-order valence-electron chi connectivity index (χ4n) is 3.49. The monoisotopic (exact) mass is 374 g/mol. The first kappa shape index (κ1) is 19.7. The van der Waals surface area contributed by atoms with Gasteiger partial charge in [-0.1, -0.05) is 42.5 Å². The molecule has 0 aliphatic carbocycles. The first-order chi connectivity index (χ1) is 13.4. The summed E-state index contributed by atoms with van der Waals surface area (Å²) in [6, 6.07) is 18.9. The van der Waals surface area contributed by atoms with Gasteiger partial charge in [0.15, 0.2) is 0 Å². The van der Waals surface area contributed by atoms with Gasteiger partial charge in [0.1, 0.15) is 5.75 Å². The van der Waals surface area contributed by atoms with Crippen LogP contribution < -0.4 is 4.74 Å². The average molecular weight is 374 g/mol. The Morgan fingerprint density at radius 2 is 1.46 bits per heavy atom. The Bertz CT molecular complexity index is 1020. The van der Waals surface area contributed by atoms with Crippen molar-refractivity contribution in [3.63, 3.8) is 0 Å². The molecule has 0 atom stereocenters. The van der Waals surface area contributed by atoms with E-state index in [-0.39, 0.29) is 6.42 Å². The number of carboxylic acids is 1. The van der Waals surface area contributed by atoms with E-state index in [0.717, 1.165) is 22.4 Å². The number of carboxylic acid groups (broad SMARTS) is 1. The van der Waals surface area contributed by atoms with Crippen molar-refractivity contribution in [2.24, 2.45) is 0 Å². The Morgan fingerprint density at radius 3 is 2.11 bits per heavy atom. The van der Waals surface area contributed by atoms with Crippen LogP contribution >= 0.6 is 0 Å². The number of carbonyl (C=O) groups is 1. The van der Waals surface area contributed by atoms with E-state index in [1.165, 1.54) is 27.8 Å². The van der Waals surface area contributed by atoms with E-state index in [1.807, 2.05) is 18.2 Å². The molecule has 0 aromatic heterocycles. The Morgan fingerprint density at radius 1 is 0.821 bits per heavy atom. The minimum absolute atomic E-state index is 0.0971. The van der Waals surface area contributed by atoms with Crippen molar-refractivity contribution in [2.45, 2.75) is 33.6 Å². The summed E-state index contributed by atoms with van der Waals surface area (Å²) in [5.41, 5.74) is 9.33. The molecule has 0 radical (unpaired) electrons. The van der Waals surface area contributed by atoms with Gasteiger partial charge < -0.3 is 9.84 Å². The first-order valence-electron chi connectivity index (χ1n) is 9.46. The lowest BCUT2D eigenvalue weighted by Gasteiger charge is -2.14. The second-order valence-electron chi connectivity index (χ2n) is 7.25. The van der Waals surface area contributed by atoms with Crippen LogP contribution in [0.5, 0.6) is 5.75 Å². The quantitative estimate of drug-likeness (QED) is 0.578. The Kier molecular flexibility index (Phi) is 5.84. The standard InChI is InChI=1S/C25H26O3/c1-16-5-6-19(13-17(16)2)23-10-7-20(14-18(23)3)24-11-9-22(28-4)15-21(24)8-12-25(26)27/h5-7,9-11,13-15H,8,12H2,1-4H3,(H,26,27). The Hall–Kier alpha value is -3.07. The lowest BCUT2D eigenvalue weighted by molar-refractivity contribution is -0.136. The van der Waals surface area contributed by atoms with Gasteiger partial charge >= 0.3 is 5.97 Å². The van der Waals surface area contributed by atoms with Crippen LogP contribution in [0.25, 0.3) is 22.3 Å². The summed E-state index contributed by atoms with van der Waals surface area (Å²) in [5, 5.41) is 9.08. The molecule has 0 spiro atoms. The SMILES string of the molecule is COc1ccc(-c2ccc(-c3ccc(C)c(C)c3)c(C)c2)c(CCC(=O)O)c1. The van der Waals surface area contributed by atoms with E-state index in [0.29, 0.717) is 6.42 Å². The third-order valence-electron chi connectivity index (χ3n) is 5.28. The van der Waals surface area contributed by atoms with Crippen LogP contribution in [0.3, 0.4) is 0 Å². The molecule has 0 aliphatic rings. The van der Waals surface area contributed by atoms with Gasteiger partial charge in [0.2, 0.25) is 0 Å². The normalized spacial score (nSPS) is 10.7. The zero-order chi connectivity index (χ0) is 20.3. The van der Waals surface area contributed by atoms with Crippen LogP contribution in [-0.4, -0.2) is 18.2 Å². The number of rotatable bonds is 6. The van der Waals surface area contributed by atoms with Crippen LogP contribution in [-0.2, 0) is 11.2 Å². The predicted octanol–water partition coefficient (Wildman–Crippen LogP) is 5.97. The number of aliphatic carboxylic acids is 1. The molecule has 3 aromatic carbocycles. The topological polar surface area (TPSA) is 46.5 Å². The van der Waals surface area contributed by atoms with Gasteiger partial charge in [-0.15, -0.1) is 0 Å². The fourth-order valence-corrected chi connectivity index (χ4v) is 3.49. The number of hydrogen-bond donors (Lipinski definition) is 1. The van der Waals surface area contributed by atoms with E-state index >= 15 is 0 Å². The van der Waals surface area contributed by atoms with Crippen LogP contribution in [0, 0.1) is 20.8 Å². The second kappa shape index (κ2) is 8.30. The van der Waals surface area contributed by atoms with Gasteiger partial charge in [0, 0.05) is 6.42 Å². The summed E-state index contributed by atoms with van der Waals surface area (Å²) in [4.78, 5) is 11.1. The van der Waals surface area contributed by atoms with E-state index in [4.69, 9.17) is 9.84 Å². The van der Waals surface area contributed by atoms with Crippen LogP contribution in [0.15, 0.2) is 54.6 Å². The van der Waals surface area contributed by atoms with Crippen molar-refractivity contribution in [3.8, 4) is 28.0 Å². The first-order valence-corrected chi connectivity index (χ1v) is 9.46. The largest absolute Gasteiger partial charge is 0.497 e. The molecule has 1 N–H and O–H groups in total. The molecular weight excluding hydrogens is 348 g/mol. The molecule has 3 heteroatoms. The molecule has 0 heterocycles. The van der Waals surface area contributed by atoms with Crippen LogP contribution in [0.1, 0.15) is 28.7 Å². The van der Waals surface area contributed by atoms with Crippen molar-refractivity contribution in [1.82, 2.24) is 0 Å². The van der Waals surface area contributed by atoms with E-state index in [2.05, 4.69) is 57.2 Å². The Balaban J connectivity index is 2.01. The molecule has 0 saturated carbocycles. The van der Waals surface area contributed by atoms with Gasteiger partial charge in [-0.3, -0.25) is 4.79 Å². The third kappa shape index (κ3) is 4.25. The highest BCUT2D eigenvalue weighted by Gasteiger charge is 2.11. The number of ether oxygens (including phenoxy) is 1. The molecule has 3 aromatic rings. The van der Waals surface area contributed by atoms with Crippen LogP contribution in [0.2, 0.25) is 0 Å². The maximum atomic E-state index is 11.1. The van der Waals surface area contributed by atoms with Crippen molar-refractivity contribution in [3.05, 3.63) is 76.9 Å². The van der Waals surface area contributed by atoms with Gasteiger partial charge in [0.25, 0.3) is 0 Å². The summed E-state index contributed by atoms with van der Waals surface area (Å²) in [5.74, 6) is -0.0531. The average Bonchev–Trinajstić information content (AvgIpc) is 2.68. The molecule has 0 amide bonds. The minimum atomic E-state index is -0.796. The smallest absolute Gasteiger partial charge is 0.303 e. The van der Waals surface area contributed by atoms with Gasteiger partial charge in [0.05, 0.1) is 7.11 Å². The summed E-state index contributed by atoms with van der Waals surface area (Å²) >= 11 is 0. The van der Waals surface area contributed by atoms with Crippen molar-refractivity contribution >= 4 is 5.97 Å². The molecule has 0 bridgehead atoms. The second-order valence-corrected chi connectivity index (χ2v) is 7.25. The fraction of sp³-hybridized carbons (Fsp3) is 0.240. The van der Waals surface area contributed by atoms with Gasteiger partial charge in [-0.25, -0.2) is 0 Å². The zero-order valence-corrected chi connectivity index (χ0v) is 16.9. The van der Waals surface area contributed by atoms with E-state index < -0.39 is 5.97 Å². The molecule has 0 unspecified atom stereocenters. The summed E-state index contributed by atoms with van der Waals surface area (Å²) in [6.07, 6.45) is 0.569. The summed E-state index contributed by atoms with van der Waals surface area (Å²) < 4.78 is 5.33. The van der Waals surface area contributed by atoms with Crippen molar-refractivity contribution in [1.29, 1.82) is 0 Å². The molecule has 3 nitrogen and oxygen atoms in total. The number of benzene rings is 3. The minimum Gasteiger partial charge on any atom is -0.497 e. The lowest BCUT2D eigenvalue weighted by Crippen LogP contribution is -2.00.